The summed E-state index contributed by atoms with van der Waals surface area (Å²) in [4.78, 5) is 24.5. The van der Waals surface area contributed by atoms with Gasteiger partial charge in [-0.15, -0.1) is 0 Å². The lowest BCUT2D eigenvalue weighted by Gasteiger charge is -2.32. The van der Waals surface area contributed by atoms with Crippen LogP contribution in [0.5, 0.6) is 0 Å². The molecule has 10 unspecified atom stereocenters. The highest BCUT2D eigenvalue weighted by Gasteiger charge is 2.46. The van der Waals surface area contributed by atoms with Gasteiger partial charge in [-0.1, -0.05) is 65.3 Å². The SMILES string of the molecule is CCC(C)C(C)C1OC1CC(C)(O)/C=C/C=C(\C)C1OC(=O)CC(C)CCC(C)(O)C(OC(C)=O)/C=C/C1C. The van der Waals surface area contributed by atoms with Crippen molar-refractivity contribution in [3.05, 3.63) is 36.0 Å². The third-order valence-corrected chi connectivity index (χ3v) is 8.45. The Bertz CT molecular complexity index is 915. The van der Waals surface area contributed by atoms with Gasteiger partial charge in [-0.25, -0.2) is 0 Å². The number of ether oxygens (including phenoxy) is 3. The van der Waals surface area contributed by atoms with Crippen molar-refractivity contribution in [2.24, 2.45) is 23.7 Å². The lowest BCUT2D eigenvalue weighted by Crippen LogP contribution is -2.41. The molecule has 222 valence electrons. The second kappa shape index (κ2) is 14.1. The lowest BCUT2D eigenvalue weighted by molar-refractivity contribution is -0.156. The predicted molar refractivity (Wildman–Crippen MR) is 153 cm³/mol. The molecule has 2 aliphatic heterocycles. The third-order valence-electron chi connectivity index (χ3n) is 8.45. The maximum Gasteiger partial charge on any atom is 0.306 e. The van der Waals surface area contributed by atoms with E-state index in [4.69, 9.17) is 14.2 Å². The molecule has 0 radical (unpaired) electrons. The number of allylic oxidation sites excluding steroid dienone is 2. The number of hydrogen-bond donors (Lipinski definition) is 2. The fourth-order valence-corrected chi connectivity index (χ4v) is 5.26. The molecule has 2 aliphatic rings. The van der Waals surface area contributed by atoms with Gasteiger partial charge in [-0.05, 0) is 63.0 Å². The minimum absolute atomic E-state index is 0.00269. The van der Waals surface area contributed by atoms with E-state index in [1.807, 2.05) is 32.9 Å². The van der Waals surface area contributed by atoms with E-state index in [2.05, 4.69) is 20.8 Å². The van der Waals surface area contributed by atoms with Crippen LogP contribution in [0.4, 0.5) is 0 Å². The standard InChI is InChI=1S/C32H52O7/c1-10-21(3)24(6)30-26(38-30)19-31(8,35)16-11-12-22(4)29-23(5)13-14-27(37-25(7)33)32(9,36)17-15-20(2)18-28(34)39-29/h11-14,16,20-21,23-24,26-27,29-30,35-36H,10,15,17-19H2,1-9H3/b14-13+,16-11+,22-12+. The molecule has 7 nitrogen and oxygen atoms in total. The van der Waals surface area contributed by atoms with E-state index in [-0.39, 0.29) is 36.4 Å². The van der Waals surface area contributed by atoms with E-state index in [0.29, 0.717) is 31.1 Å². The maximum absolute atomic E-state index is 12.8. The number of esters is 2. The Morgan fingerprint density at radius 3 is 2.56 bits per heavy atom. The number of aliphatic hydroxyl groups is 2. The zero-order chi connectivity index (χ0) is 29.5. The summed E-state index contributed by atoms with van der Waals surface area (Å²) in [7, 11) is 0. The van der Waals surface area contributed by atoms with Gasteiger partial charge in [0.05, 0.1) is 17.8 Å². The molecular weight excluding hydrogens is 496 g/mol. The Balaban J connectivity index is 2.18. The first-order valence-corrected chi connectivity index (χ1v) is 14.6. The highest BCUT2D eigenvalue weighted by atomic mass is 16.6. The molecule has 7 heteroatoms. The fourth-order valence-electron chi connectivity index (χ4n) is 5.26. The summed E-state index contributed by atoms with van der Waals surface area (Å²) < 4.78 is 17.3. The summed E-state index contributed by atoms with van der Waals surface area (Å²) >= 11 is 0. The molecule has 0 aromatic heterocycles. The van der Waals surface area contributed by atoms with Gasteiger partial charge in [-0.2, -0.15) is 0 Å². The molecule has 39 heavy (non-hydrogen) atoms. The van der Waals surface area contributed by atoms with Gasteiger partial charge in [0.15, 0.2) is 0 Å². The van der Waals surface area contributed by atoms with Gasteiger partial charge < -0.3 is 24.4 Å². The minimum Gasteiger partial charge on any atom is -0.457 e. The first-order valence-electron chi connectivity index (χ1n) is 14.6. The van der Waals surface area contributed by atoms with Crippen LogP contribution in [0.2, 0.25) is 0 Å². The lowest BCUT2D eigenvalue weighted by atomic mass is 9.86. The van der Waals surface area contributed by atoms with Crippen LogP contribution in [0.3, 0.4) is 0 Å². The van der Waals surface area contributed by atoms with Crippen molar-refractivity contribution in [1.29, 1.82) is 0 Å². The largest absolute Gasteiger partial charge is 0.457 e. The molecule has 0 spiro atoms. The van der Waals surface area contributed by atoms with Gasteiger partial charge in [0, 0.05) is 25.7 Å². The molecule has 2 heterocycles. The zero-order valence-corrected chi connectivity index (χ0v) is 25.5. The number of carbonyl (C=O) groups is 2. The van der Waals surface area contributed by atoms with E-state index in [1.54, 1.807) is 32.1 Å². The second-order valence-corrected chi connectivity index (χ2v) is 12.6. The molecular formula is C32H52O7. The first-order chi connectivity index (χ1) is 18.1. The Morgan fingerprint density at radius 1 is 1.28 bits per heavy atom. The summed E-state index contributed by atoms with van der Waals surface area (Å²) in [6.07, 6.45) is 10.7. The summed E-state index contributed by atoms with van der Waals surface area (Å²) in [6.45, 7) is 17.2. The molecule has 1 fully saturated rings. The van der Waals surface area contributed by atoms with E-state index in [9.17, 15) is 19.8 Å². The Morgan fingerprint density at radius 2 is 1.95 bits per heavy atom. The summed E-state index contributed by atoms with van der Waals surface area (Å²) in [5.74, 6) is 0.0301. The van der Waals surface area contributed by atoms with Crippen LogP contribution in [0.25, 0.3) is 0 Å². The molecule has 1 saturated heterocycles. The van der Waals surface area contributed by atoms with Crippen molar-refractivity contribution < 1.29 is 34.0 Å². The Hall–Kier alpha value is -1.96. The summed E-state index contributed by atoms with van der Waals surface area (Å²) in [5.41, 5.74) is -1.47. The van der Waals surface area contributed by atoms with E-state index >= 15 is 0 Å². The molecule has 10 atom stereocenters. The number of rotatable bonds is 9. The Labute approximate surface area is 235 Å². The monoisotopic (exact) mass is 548 g/mol. The number of carbonyl (C=O) groups excluding carboxylic acids is 2. The van der Waals surface area contributed by atoms with Crippen molar-refractivity contribution in [2.75, 3.05) is 0 Å². The highest BCUT2D eigenvalue weighted by molar-refractivity contribution is 5.70. The molecule has 2 rings (SSSR count). The van der Waals surface area contributed by atoms with Gasteiger partial charge in [0.25, 0.3) is 0 Å². The molecule has 0 bridgehead atoms. The summed E-state index contributed by atoms with van der Waals surface area (Å²) in [5, 5.41) is 22.0. The average Bonchev–Trinajstić information content (AvgIpc) is 3.59. The van der Waals surface area contributed by atoms with Crippen molar-refractivity contribution in [1.82, 2.24) is 0 Å². The van der Waals surface area contributed by atoms with E-state index in [0.717, 1.165) is 12.0 Å². The zero-order valence-electron chi connectivity index (χ0n) is 25.5. The molecule has 2 N–H and O–H groups in total. The van der Waals surface area contributed by atoms with Crippen LogP contribution >= 0.6 is 0 Å². The third kappa shape index (κ3) is 10.5. The van der Waals surface area contributed by atoms with Crippen LogP contribution in [0, 0.1) is 23.7 Å². The normalized spacial score (nSPS) is 36.6. The molecule has 0 aromatic carbocycles. The quantitative estimate of drug-likeness (QED) is 0.165. The number of cyclic esters (lactones) is 1. The van der Waals surface area contributed by atoms with Crippen LogP contribution in [0.1, 0.15) is 94.4 Å². The topological polar surface area (TPSA) is 106 Å². The molecule has 0 aromatic rings. The van der Waals surface area contributed by atoms with Crippen molar-refractivity contribution in [3.63, 3.8) is 0 Å². The molecule has 0 saturated carbocycles. The minimum atomic E-state index is -1.26. The van der Waals surface area contributed by atoms with Crippen molar-refractivity contribution >= 4 is 11.9 Å². The predicted octanol–water partition coefficient (Wildman–Crippen LogP) is 5.69. The van der Waals surface area contributed by atoms with E-state index in [1.165, 1.54) is 6.92 Å². The van der Waals surface area contributed by atoms with Gasteiger partial charge >= 0.3 is 11.9 Å². The molecule has 0 aliphatic carbocycles. The van der Waals surface area contributed by atoms with Gasteiger partial charge in [0.2, 0.25) is 0 Å². The maximum atomic E-state index is 12.8. The van der Waals surface area contributed by atoms with Crippen LogP contribution < -0.4 is 0 Å². The van der Waals surface area contributed by atoms with Crippen molar-refractivity contribution in [3.8, 4) is 0 Å². The van der Waals surface area contributed by atoms with Gasteiger partial charge in [-0.3, -0.25) is 9.59 Å². The van der Waals surface area contributed by atoms with Crippen LogP contribution in [-0.4, -0.2) is 57.8 Å². The van der Waals surface area contributed by atoms with Crippen molar-refractivity contribution in [2.45, 2.75) is 130 Å². The number of hydrogen-bond acceptors (Lipinski definition) is 7. The van der Waals surface area contributed by atoms with Crippen LogP contribution in [0.15, 0.2) is 36.0 Å². The fraction of sp³-hybridized carbons (Fsp3) is 0.750. The second-order valence-electron chi connectivity index (χ2n) is 12.6. The smallest absolute Gasteiger partial charge is 0.306 e. The summed E-state index contributed by atoms with van der Waals surface area (Å²) in [6, 6.07) is 0. The number of epoxide rings is 1. The van der Waals surface area contributed by atoms with E-state index < -0.39 is 29.4 Å². The Kier molecular flexibility index (Phi) is 12.0. The average molecular weight is 549 g/mol. The van der Waals surface area contributed by atoms with Gasteiger partial charge in [0.1, 0.15) is 17.8 Å². The van der Waals surface area contributed by atoms with Crippen LogP contribution in [-0.2, 0) is 23.8 Å². The highest BCUT2D eigenvalue weighted by Crippen LogP contribution is 2.39. The first kappa shape index (κ1) is 33.2. The molecule has 0 amide bonds.